The van der Waals surface area contributed by atoms with Gasteiger partial charge in [0.15, 0.2) is 0 Å². The van der Waals surface area contributed by atoms with Crippen LogP contribution in [0.15, 0.2) is 36.4 Å². The van der Waals surface area contributed by atoms with Crippen LogP contribution < -0.4 is 10.6 Å². The fraction of sp³-hybridized carbons (Fsp3) is 0.250. The lowest BCUT2D eigenvalue weighted by atomic mass is 10.1. The molecule has 0 aliphatic heterocycles. The highest BCUT2D eigenvalue weighted by atomic mass is 19.1. The van der Waals surface area contributed by atoms with Crippen LogP contribution in [0.5, 0.6) is 0 Å². The van der Waals surface area contributed by atoms with Gasteiger partial charge in [-0.05, 0) is 36.2 Å². The number of halogens is 1. The number of aromatic nitrogens is 1. The minimum Gasteiger partial charge on any atom is -0.373 e. The van der Waals surface area contributed by atoms with E-state index in [1.54, 1.807) is 31.3 Å². The van der Waals surface area contributed by atoms with Gasteiger partial charge < -0.3 is 10.6 Å². The minimum atomic E-state index is -0.388. The number of nitrogens with one attached hydrogen (secondary N) is 2. The number of amides is 1. The van der Waals surface area contributed by atoms with Crippen LogP contribution in [-0.2, 0) is 0 Å². The molecule has 110 valence electrons. The summed E-state index contributed by atoms with van der Waals surface area (Å²) >= 11 is 0. The normalized spacial score (nSPS) is 10.5. The zero-order chi connectivity index (χ0) is 15.4. The lowest BCUT2D eigenvalue weighted by molar-refractivity contribution is 0.102. The number of nitrogens with zero attached hydrogens (tertiary/aromatic N) is 1. The molecule has 1 amide bonds. The number of benzene rings is 1. The van der Waals surface area contributed by atoms with Gasteiger partial charge in [-0.1, -0.05) is 19.9 Å². The van der Waals surface area contributed by atoms with E-state index < -0.39 is 0 Å². The number of carbonyl (C=O) groups is 1. The predicted molar refractivity (Wildman–Crippen MR) is 82.2 cm³/mol. The first kappa shape index (κ1) is 15.0. The third-order valence-electron chi connectivity index (χ3n) is 3.04. The number of hydrogen-bond donors (Lipinski definition) is 2. The summed E-state index contributed by atoms with van der Waals surface area (Å²) in [5.74, 6) is 0.160. The van der Waals surface area contributed by atoms with Gasteiger partial charge in [0.2, 0.25) is 0 Å². The van der Waals surface area contributed by atoms with Crippen molar-refractivity contribution in [2.75, 3.05) is 17.7 Å². The van der Waals surface area contributed by atoms with Crippen LogP contribution in [0.4, 0.5) is 15.9 Å². The molecule has 0 radical (unpaired) electrons. The number of carbonyl (C=O) groups excluding carboxylic acids is 1. The van der Waals surface area contributed by atoms with Gasteiger partial charge in [0, 0.05) is 24.0 Å². The second-order valence-corrected chi connectivity index (χ2v) is 5.04. The fourth-order valence-electron chi connectivity index (χ4n) is 1.88. The maximum absolute atomic E-state index is 13.1. The van der Waals surface area contributed by atoms with E-state index in [2.05, 4.69) is 15.6 Å². The molecule has 0 fully saturated rings. The monoisotopic (exact) mass is 287 g/mol. The molecule has 0 saturated carbocycles. The molecule has 4 nitrogen and oxygen atoms in total. The Balaban J connectivity index is 2.28. The quantitative estimate of drug-likeness (QED) is 0.902. The summed E-state index contributed by atoms with van der Waals surface area (Å²) in [7, 11) is 1.75. The molecule has 5 heteroatoms. The van der Waals surface area contributed by atoms with Crippen LogP contribution in [0.1, 0.15) is 35.8 Å². The van der Waals surface area contributed by atoms with Gasteiger partial charge in [-0.2, -0.15) is 0 Å². The molecule has 0 atom stereocenters. The largest absolute Gasteiger partial charge is 0.373 e. The van der Waals surface area contributed by atoms with Gasteiger partial charge >= 0.3 is 0 Å². The highest BCUT2D eigenvalue weighted by molar-refractivity contribution is 6.04. The molecule has 2 aromatic rings. The molecule has 1 heterocycles. The Morgan fingerprint density at radius 1 is 1.24 bits per heavy atom. The molecule has 1 aromatic heterocycles. The van der Waals surface area contributed by atoms with Gasteiger partial charge in [-0.25, -0.2) is 9.37 Å². The summed E-state index contributed by atoms with van der Waals surface area (Å²) < 4.78 is 13.1. The molecule has 0 aliphatic carbocycles. The van der Waals surface area contributed by atoms with Crippen molar-refractivity contribution < 1.29 is 9.18 Å². The third kappa shape index (κ3) is 3.78. The first-order valence-electron chi connectivity index (χ1n) is 6.76. The van der Waals surface area contributed by atoms with Crippen molar-refractivity contribution in [2.45, 2.75) is 19.8 Å². The molecule has 0 spiro atoms. The summed E-state index contributed by atoms with van der Waals surface area (Å²) in [5.41, 5.74) is 1.74. The predicted octanol–water partition coefficient (Wildman–Crippen LogP) is 3.64. The van der Waals surface area contributed by atoms with E-state index in [0.717, 1.165) is 5.69 Å². The van der Waals surface area contributed by atoms with E-state index >= 15 is 0 Å². The van der Waals surface area contributed by atoms with Crippen LogP contribution in [-0.4, -0.2) is 17.9 Å². The van der Waals surface area contributed by atoms with E-state index in [0.29, 0.717) is 17.1 Å². The highest BCUT2D eigenvalue weighted by Gasteiger charge is 2.12. The van der Waals surface area contributed by atoms with Gasteiger partial charge in [0.25, 0.3) is 5.91 Å². The van der Waals surface area contributed by atoms with Crippen molar-refractivity contribution in [2.24, 2.45) is 0 Å². The number of hydrogen-bond acceptors (Lipinski definition) is 3. The molecule has 2 N–H and O–H groups in total. The molecule has 0 bridgehead atoms. The van der Waals surface area contributed by atoms with Crippen LogP contribution in [0.25, 0.3) is 0 Å². The summed E-state index contributed by atoms with van der Waals surface area (Å²) in [6.45, 7) is 4.02. The van der Waals surface area contributed by atoms with Crippen LogP contribution in [0, 0.1) is 5.82 Å². The summed E-state index contributed by atoms with van der Waals surface area (Å²) in [4.78, 5) is 16.7. The van der Waals surface area contributed by atoms with Crippen molar-refractivity contribution in [1.29, 1.82) is 0 Å². The second-order valence-electron chi connectivity index (χ2n) is 5.04. The maximum atomic E-state index is 13.1. The zero-order valence-electron chi connectivity index (χ0n) is 12.3. The molecule has 0 aliphatic rings. The van der Waals surface area contributed by atoms with Crippen molar-refractivity contribution in [3.63, 3.8) is 0 Å². The van der Waals surface area contributed by atoms with Crippen LogP contribution in [0.2, 0.25) is 0 Å². The van der Waals surface area contributed by atoms with E-state index in [1.165, 1.54) is 12.1 Å². The van der Waals surface area contributed by atoms with E-state index in [9.17, 15) is 9.18 Å². The Morgan fingerprint density at radius 2 is 2.00 bits per heavy atom. The summed E-state index contributed by atoms with van der Waals surface area (Å²) in [5, 5.41) is 5.62. The Bertz CT molecular complexity index is 656. The Morgan fingerprint density at radius 3 is 2.62 bits per heavy atom. The third-order valence-corrected chi connectivity index (χ3v) is 3.04. The molecular weight excluding hydrogens is 269 g/mol. The molecule has 0 unspecified atom stereocenters. The Kier molecular flexibility index (Phi) is 4.52. The maximum Gasteiger partial charge on any atom is 0.255 e. The topological polar surface area (TPSA) is 54.0 Å². The van der Waals surface area contributed by atoms with Gasteiger partial charge in [0.1, 0.15) is 11.6 Å². The molecular formula is C16H18FN3O. The minimum absolute atomic E-state index is 0.207. The lowest BCUT2D eigenvalue weighted by Crippen LogP contribution is -2.14. The van der Waals surface area contributed by atoms with Crippen molar-refractivity contribution in [3.05, 3.63) is 53.5 Å². The summed E-state index contributed by atoms with van der Waals surface area (Å²) in [6, 6.07) is 9.22. The van der Waals surface area contributed by atoms with Gasteiger partial charge in [-0.15, -0.1) is 0 Å². The van der Waals surface area contributed by atoms with Crippen molar-refractivity contribution >= 4 is 17.4 Å². The fourth-order valence-corrected chi connectivity index (χ4v) is 1.88. The van der Waals surface area contributed by atoms with E-state index in [4.69, 9.17) is 0 Å². The second kappa shape index (κ2) is 6.35. The first-order chi connectivity index (χ1) is 9.99. The van der Waals surface area contributed by atoms with Gasteiger partial charge in [-0.3, -0.25) is 4.79 Å². The average Bonchev–Trinajstić information content (AvgIpc) is 2.46. The first-order valence-corrected chi connectivity index (χ1v) is 6.76. The SMILES string of the molecule is CNc1cc(C(=O)Nc2cccc(F)c2)cc(C(C)C)n1. The molecule has 21 heavy (non-hydrogen) atoms. The Hall–Kier alpha value is -2.43. The molecule has 0 saturated heterocycles. The number of anilines is 2. The highest BCUT2D eigenvalue weighted by Crippen LogP contribution is 2.19. The van der Waals surface area contributed by atoms with Crippen LogP contribution >= 0.6 is 0 Å². The lowest BCUT2D eigenvalue weighted by Gasteiger charge is -2.11. The van der Waals surface area contributed by atoms with Crippen LogP contribution in [0.3, 0.4) is 0 Å². The molecule has 2 rings (SSSR count). The number of pyridine rings is 1. The van der Waals surface area contributed by atoms with Gasteiger partial charge in [0.05, 0.1) is 0 Å². The summed E-state index contributed by atoms with van der Waals surface area (Å²) in [6.07, 6.45) is 0. The van der Waals surface area contributed by atoms with Crippen molar-refractivity contribution in [1.82, 2.24) is 4.98 Å². The number of rotatable bonds is 4. The zero-order valence-corrected chi connectivity index (χ0v) is 12.3. The van der Waals surface area contributed by atoms with Crippen molar-refractivity contribution in [3.8, 4) is 0 Å². The van der Waals surface area contributed by atoms with E-state index in [-0.39, 0.29) is 17.6 Å². The average molecular weight is 287 g/mol. The smallest absolute Gasteiger partial charge is 0.255 e. The standard InChI is InChI=1S/C16H18FN3O/c1-10(2)14-7-11(8-15(18-3)20-14)16(21)19-13-6-4-5-12(17)9-13/h4-10H,1-3H3,(H,18,20)(H,19,21). The Labute approximate surface area is 123 Å². The van der Waals surface area contributed by atoms with E-state index in [1.807, 2.05) is 13.8 Å². The molecule has 1 aromatic carbocycles.